The second kappa shape index (κ2) is 60.5. The van der Waals surface area contributed by atoms with Crippen LogP contribution in [0.15, 0.2) is 291 Å². The van der Waals surface area contributed by atoms with Gasteiger partial charge in [-0.05, 0) is 283 Å². The minimum absolute atomic E-state index is 1.11. The summed E-state index contributed by atoms with van der Waals surface area (Å²) in [6, 6.07) is 105. The van der Waals surface area contributed by atoms with Gasteiger partial charge in [0.15, 0.2) is 0 Å². The molecule has 16 aromatic carbocycles. The Balaban J connectivity index is 0.000000677. The van der Waals surface area contributed by atoms with Gasteiger partial charge in [0.25, 0.3) is 0 Å². The van der Waals surface area contributed by atoms with E-state index in [1.54, 1.807) is 0 Å². The standard InChI is InChI=1S/2C15H14.6C12H12.10C2H6/c1-10-5-3-7-12-13-8-4-6-11(2)15(13)9-14(10)12;1-10-6-7-13-12(8-10)9-15-11(2)4-3-5-14(13)15;1-9-3-5-12-8-10(2)4-6-11(12)7-9;1-9-3-5-11-6-4-10(2)8-12(11)7-9;1-9-5-3-7-11-8-4-6-10(2)12(9)11;1-9-6-7-12-10(2)4-3-5-11(12)8-9;1-9-7-11-5-3-4-6-12(11)8-10(9)2;1-9-7-10(2)12-6-4-3-5-11(12)8-9;10*1-2/h2*3-8H,9H2,1-2H3;6*3-8H,1-2H3;10*1-2H3. The van der Waals surface area contributed by atoms with E-state index in [4.69, 9.17) is 0 Å². The first kappa shape index (κ1) is 109. The molecule has 0 bridgehead atoms. The molecular weight excluding hydrogens is 1470 g/mol. The number of hydrogen-bond acceptors (Lipinski definition) is 0. The van der Waals surface area contributed by atoms with Gasteiger partial charge in [0.1, 0.15) is 0 Å². The Morgan fingerprint density at radius 3 is 0.844 bits per heavy atom. The van der Waals surface area contributed by atoms with Crippen molar-refractivity contribution in [2.45, 2.75) is 262 Å². The maximum absolute atomic E-state index is 2.31. The minimum atomic E-state index is 1.11. The molecule has 0 radical (unpaired) electrons. The smallest absolute Gasteiger partial charge is 0.000820 e. The van der Waals surface area contributed by atoms with E-state index >= 15 is 0 Å². The van der Waals surface area contributed by atoms with Gasteiger partial charge < -0.3 is 0 Å². The van der Waals surface area contributed by atoms with Crippen molar-refractivity contribution in [1.82, 2.24) is 0 Å². The van der Waals surface area contributed by atoms with E-state index in [-0.39, 0.29) is 0 Å². The fourth-order valence-electron chi connectivity index (χ4n) is 14.5. The van der Waals surface area contributed by atoms with E-state index in [1.807, 2.05) is 138 Å². The third kappa shape index (κ3) is 32.8. The largest absolute Gasteiger partial charge is 0.0683 e. The zero-order valence-corrected chi connectivity index (χ0v) is 83.1. The highest BCUT2D eigenvalue weighted by Crippen LogP contribution is 2.40. The molecule has 0 N–H and O–H groups in total. The van der Waals surface area contributed by atoms with Gasteiger partial charge in [-0.2, -0.15) is 0 Å². The first-order valence-corrected chi connectivity index (χ1v) is 46.3. The zero-order valence-electron chi connectivity index (χ0n) is 83.1. The van der Waals surface area contributed by atoms with Crippen molar-refractivity contribution in [2.75, 3.05) is 0 Å². The maximum Gasteiger partial charge on any atom is -0.000820 e. The Kier molecular flexibility index (Phi) is 54.1. The van der Waals surface area contributed by atoms with E-state index in [2.05, 4.69) is 402 Å². The minimum Gasteiger partial charge on any atom is -0.0683 e. The molecule has 0 aliphatic heterocycles. The van der Waals surface area contributed by atoms with Gasteiger partial charge in [-0.15, -0.1) is 0 Å². The number of aryl methyl sites for hydroxylation is 16. The van der Waals surface area contributed by atoms with E-state index in [1.165, 1.54) is 198 Å². The van der Waals surface area contributed by atoms with Crippen molar-refractivity contribution < 1.29 is 0 Å². The van der Waals surface area contributed by atoms with Crippen LogP contribution in [0.5, 0.6) is 0 Å². The number of rotatable bonds is 0. The predicted octanol–water partition coefficient (Wildman–Crippen LogP) is 38.8. The van der Waals surface area contributed by atoms with Crippen molar-refractivity contribution in [1.29, 1.82) is 0 Å². The summed E-state index contributed by atoms with van der Waals surface area (Å²) in [5.74, 6) is 0. The Hall–Kier alpha value is -10.9. The van der Waals surface area contributed by atoms with Crippen LogP contribution in [-0.4, -0.2) is 0 Å². The predicted molar refractivity (Wildman–Crippen MR) is 562 cm³/mol. The van der Waals surface area contributed by atoms with Crippen molar-refractivity contribution in [3.63, 3.8) is 0 Å². The summed E-state index contributed by atoms with van der Waals surface area (Å²) in [6.45, 7) is 74.5. The lowest BCUT2D eigenvalue weighted by Gasteiger charge is -2.04. The summed E-state index contributed by atoms with van der Waals surface area (Å²) >= 11 is 0. The quantitative estimate of drug-likeness (QED) is 0.142. The molecule has 0 aromatic heterocycles. The first-order chi connectivity index (χ1) is 59.1. The molecule has 122 heavy (non-hydrogen) atoms. The van der Waals surface area contributed by atoms with Crippen LogP contribution in [0.1, 0.15) is 250 Å². The lowest BCUT2D eigenvalue weighted by molar-refractivity contribution is 1.19. The molecular formula is C122H160. The average molecular weight is 1630 g/mol. The molecule has 0 heteroatoms. The van der Waals surface area contributed by atoms with E-state index in [0.29, 0.717) is 0 Å². The Morgan fingerprint density at radius 2 is 0.426 bits per heavy atom. The second-order valence-electron chi connectivity index (χ2n) is 28.7. The highest BCUT2D eigenvalue weighted by molar-refractivity contribution is 5.90. The molecule has 648 valence electrons. The van der Waals surface area contributed by atoms with Crippen LogP contribution in [0.3, 0.4) is 0 Å². The van der Waals surface area contributed by atoms with E-state index in [0.717, 1.165) is 12.8 Å². The molecule has 2 aliphatic carbocycles. The Morgan fingerprint density at radius 1 is 0.148 bits per heavy atom. The zero-order chi connectivity index (χ0) is 92.1. The fourth-order valence-corrected chi connectivity index (χ4v) is 14.5. The molecule has 0 atom stereocenters. The van der Waals surface area contributed by atoms with Crippen molar-refractivity contribution in [3.8, 4) is 22.3 Å². The molecule has 0 unspecified atom stereocenters. The summed E-state index contributed by atoms with van der Waals surface area (Å²) in [6.07, 6.45) is 2.23. The number of benzene rings is 16. The van der Waals surface area contributed by atoms with Gasteiger partial charge in [0, 0.05) is 0 Å². The van der Waals surface area contributed by atoms with Crippen LogP contribution >= 0.6 is 0 Å². The molecule has 0 amide bonds. The molecule has 0 nitrogen and oxygen atoms in total. The molecule has 2 aliphatic rings. The molecule has 18 rings (SSSR count). The normalized spacial score (nSPS) is 9.74. The van der Waals surface area contributed by atoms with Gasteiger partial charge in [-0.25, -0.2) is 0 Å². The van der Waals surface area contributed by atoms with E-state index in [9.17, 15) is 0 Å². The van der Waals surface area contributed by atoms with Crippen LogP contribution in [0.4, 0.5) is 0 Å². The maximum atomic E-state index is 2.31. The fraction of sp³-hybridized carbons (Fsp3) is 0.311. The SMILES string of the molecule is CC.CC.CC.CC.CC.CC.CC.CC.CC.CC.Cc1cc(C)c2ccccc2c1.Cc1cc2ccccc2cc1C.Cc1ccc2c(C)cccc2c1.Cc1ccc2c(c1)Cc1c(C)cccc1-2.Cc1ccc2cc(C)ccc2c1.Cc1ccc2ccc(C)cc2c1.Cc1cccc2c1Cc1c(C)cccc1-2.Cc1cccc2cccc(C)c12. The summed E-state index contributed by atoms with van der Waals surface area (Å²) in [7, 11) is 0. The third-order valence-corrected chi connectivity index (χ3v) is 20.2. The second-order valence-corrected chi connectivity index (χ2v) is 28.7. The topological polar surface area (TPSA) is 0 Å². The van der Waals surface area contributed by atoms with Crippen LogP contribution in [0.25, 0.3) is 86.9 Å². The lowest BCUT2D eigenvalue weighted by Crippen LogP contribution is -1.86. The molecule has 0 heterocycles. The third-order valence-electron chi connectivity index (χ3n) is 20.2. The van der Waals surface area contributed by atoms with Crippen molar-refractivity contribution in [3.05, 3.63) is 402 Å². The summed E-state index contributed by atoms with van der Waals surface area (Å²) in [4.78, 5) is 0. The molecule has 0 fully saturated rings. The highest BCUT2D eigenvalue weighted by Gasteiger charge is 2.21. The summed E-state index contributed by atoms with van der Waals surface area (Å²) < 4.78 is 0. The summed E-state index contributed by atoms with van der Waals surface area (Å²) in [5, 5.41) is 16.2. The van der Waals surface area contributed by atoms with Crippen molar-refractivity contribution >= 4 is 64.6 Å². The summed E-state index contributed by atoms with van der Waals surface area (Å²) in [5.41, 5.74) is 33.6. The van der Waals surface area contributed by atoms with Crippen LogP contribution in [0.2, 0.25) is 0 Å². The van der Waals surface area contributed by atoms with Gasteiger partial charge in [-0.1, -0.05) is 469 Å². The molecule has 0 saturated carbocycles. The van der Waals surface area contributed by atoms with Crippen molar-refractivity contribution in [2.24, 2.45) is 0 Å². The highest BCUT2D eigenvalue weighted by atomic mass is 14.3. The first-order valence-electron chi connectivity index (χ1n) is 46.3. The number of fused-ring (bicyclic) bond motifs is 12. The Labute approximate surface area is 746 Å². The Bertz CT molecular complexity index is 5410. The monoisotopic (exact) mass is 1630 g/mol. The molecule has 16 aromatic rings. The average Bonchev–Trinajstić information content (AvgIpc) is 1.65. The lowest BCUT2D eigenvalue weighted by atomic mass is 10.0. The van der Waals surface area contributed by atoms with Crippen LogP contribution in [-0.2, 0) is 12.8 Å². The van der Waals surface area contributed by atoms with Gasteiger partial charge in [-0.3, -0.25) is 0 Å². The number of hydrogen-bond donors (Lipinski definition) is 0. The van der Waals surface area contributed by atoms with Crippen LogP contribution < -0.4 is 0 Å². The molecule has 0 spiro atoms. The van der Waals surface area contributed by atoms with Gasteiger partial charge in [0.2, 0.25) is 0 Å². The van der Waals surface area contributed by atoms with Gasteiger partial charge in [0.05, 0.1) is 0 Å². The molecule has 0 saturated heterocycles. The van der Waals surface area contributed by atoms with E-state index < -0.39 is 0 Å². The van der Waals surface area contributed by atoms with Crippen LogP contribution in [0, 0.1) is 111 Å². The van der Waals surface area contributed by atoms with Gasteiger partial charge >= 0.3 is 0 Å².